The van der Waals surface area contributed by atoms with Crippen molar-refractivity contribution < 1.29 is 9.59 Å². The molecule has 0 aliphatic rings. The lowest BCUT2D eigenvalue weighted by atomic mass is 10.2. The Bertz CT molecular complexity index is 920. The molecule has 3 rings (SSSR count). The maximum atomic E-state index is 11.6. The van der Waals surface area contributed by atoms with E-state index < -0.39 is 11.8 Å². The first-order chi connectivity index (χ1) is 11.5. The van der Waals surface area contributed by atoms with Gasteiger partial charge in [0.05, 0.1) is 18.3 Å². The van der Waals surface area contributed by atoms with E-state index in [0.717, 1.165) is 10.9 Å². The van der Waals surface area contributed by atoms with Crippen molar-refractivity contribution >= 4 is 40.2 Å². The fourth-order valence-corrected chi connectivity index (χ4v) is 2.07. The first kappa shape index (κ1) is 15.2. The van der Waals surface area contributed by atoms with E-state index in [1.807, 2.05) is 12.1 Å². The van der Waals surface area contributed by atoms with Gasteiger partial charge in [0.15, 0.2) is 0 Å². The Labute approximate surface area is 135 Å². The molecule has 2 heterocycles. The molecule has 2 amide bonds. The van der Waals surface area contributed by atoms with Gasteiger partial charge in [-0.15, -0.1) is 0 Å². The Morgan fingerprint density at radius 3 is 2.79 bits per heavy atom. The number of rotatable bonds is 6. The first-order valence-electron chi connectivity index (χ1n) is 6.92. The van der Waals surface area contributed by atoms with Crippen LogP contribution in [0.2, 0.25) is 0 Å². The van der Waals surface area contributed by atoms with Gasteiger partial charge in [0.25, 0.3) is 5.91 Å². The van der Waals surface area contributed by atoms with Crippen molar-refractivity contribution in [3.63, 3.8) is 0 Å². The molecule has 0 saturated carbocycles. The average Bonchev–Trinajstić information content (AvgIpc) is 3.00. The molecule has 0 unspecified atom stereocenters. The molecule has 0 saturated heterocycles. The van der Waals surface area contributed by atoms with Crippen LogP contribution < -0.4 is 22.1 Å². The SMILES string of the molecule is NC(=O)CNc1ncc(C(N)=O)c(Nc2ccc3[nH]ncc3c2)n1. The molecule has 122 valence electrons. The van der Waals surface area contributed by atoms with Gasteiger partial charge in [-0.05, 0) is 18.2 Å². The molecule has 24 heavy (non-hydrogen) atoms. The van der Waals surface area contributed by atoms with Gasteiger partial charge in [0.1, 0.15) is 11.4 Å². The summed E-state index contributed by atoms with van der Waals surface area (Å²) in [6.45, 7) is -0.129. The largest absolute Gasteiger partial charge is 0.368 e. The van der Waals surface area contributed by atoms with Gasteiger partial charge in [0, 0.05) is 17.3 Å². The van der Waals surface area contributed by atoms with Crippen LogP contribution in [0.1, 0.15) is 10.4 Å². The number of aromatic amines is 1. The van der Waals surface area contributed by atoms with Crippen LogP contribution in [0.3, 0.4) is 0 Å². The molecule has 0 spiro atoms. The number of carbonyl (C=O) groups excluding carboxylic acids is 2. The number of anilines is 3. The molecule has 0 aliphatic heterocycles. The summed E-state index contributed by atoms with van der Waals surface area (Å²) in [5.41, 5.74) is 12.1. The number of carbonyl (C=O) groups is 2. The molecule has 0 aliphatic carbocycles. The predicted octanol–water partition coefficient (Wildman–Crippen LogP) is 0.0926. The molecule has 10 heteroatoms. The average molecular weight is 326 g/mol. The smallest absolute Gasteiger partial charge is 0.254 e. The van der Waals surface area contributed by atoms with Crippen molar-refractivity contribution in [1.29, 1.82) is 0 Å². The molecule has 0 atom stereocenters. The molecule has 0 fully saturated rings. The third kappa shape index (κ3) is 3.21. The molecular weight excluding hydrogens is 312 g/mol. The maximum absolute atomic E-state index is 11.6. The van der Waals surface area contributed by atoms with E-state index in [-0.39, 0.29) is 23.9 Å². The Morgan fingerprint density at radius 2 is 2.04 bits per heavy atom. The summed E-state index contributed by atoms with van der Waals surface area (Å²) in [6.07, 6.45) is 2.95. The summed E-state index contributed by atoms with van der Waals surface area (Å²) in [4.78, 5) is 30.5. The summed E-state index contributed by atoms with van der Waals surface area (Å²) >= 11 is 0. The van der Waals surface area contributed by atoms with Crippen molar-refractivity contribution in [2.75, 3.05) is 17.2 Å². The van der Waals surface area contributed by atoms with E-state index in [2.05, 4.69) is 30.8 Å². The zero-order chi connectivity index (χ0) is 17.1. The molecule has 0 bridgehead atoms. The van der Waals surface area contributed by atoms with Crippen molar-refractivity contribution in [3.05, 3.63) is 36.2 Å². The molecule has 10 nitrogen and oxygen atoms in total. The normalized spacial score (nSPS) is 10.5. The zero-order valence-electron chi connectivity index (χ0n) is 12.4. The lowest BCUT2D eigenvalue weighted by Crippen LogP contribution is -2.23. The standard InChI is InChI=1S/C14H14N8O2/c15-11(23)6-18-14-17-5-9(12(16)24)13(21-14)20-8-1-2-10-7(3-8)4-19-22-10/h1-5H,6H2,(H2,15,23)(H2,16,24)(H,19,22)(H2,17,18,20,21). The summed E-state index contributed by atoms with van der Waals surface area (Å²) in [5.74, 6) is -0.876. The minimum absolute atomic E-state index is 0.118. The monoisotopic (exact) mass is 326 g/mol. The molecule has 3 aromatic rings. The van der Waals surface area contributed by atoms with Crippen molar-refractivity contribution in [3.8, 4) is 0 Å². The number of amides is 2. The Morgan fingerprint density at radius 1 is 1.21 bits per heavy atom. The topological polar surface area (TPSA) is 165 Å². The maximum Gasteiger partial charge on any atom is 0.254 e. The van der Waals surface area contributed by atoms with Crippen LogP contribution in [0.5, 0.6) is 0 Å². The summed E-state index contributed by atoms with van der Waals surface area (Å²) in [5, 5.41) is 13.4. The van der Waals surface area contributed by atoms with Gasteiger partial charge in [-0.25, -0.2) is 4.98 Å². The second kappa shape index (κ2) is 6.20. The molecule has 1 aromatic carbocycles. The Kier molecular flexibility index (Phi) is 3.93. The molecule has 0 radical (unpaired) electrons. The highest BCUT2D eigenvalue weighted by molar-refractivity contribution is 5.98. The molecule has 7 N–H and O–H groups in total. The summed E-state index contributed by atoms with van der Waals surface area (Å²) in [7, 11) is 0. The van der Waals surface area contributed by atoms with Crippen LogP contribution in [0.15, 0.2) is 30.6 Å². The number of hydrogen-bond donors (Lipinski definition) is 5. The zero-order valence-corrected chi connectivity index (χ0v) is 12.4. The highest BCUT2D eigenvalue weighted by atomic mass is 16.1. The second-order valence-electron chi connectivity index (χ2n) is 4.94. The second-order valence-corrected chi connectivity index (χ2v) is 4.94. The van der Waals surface area contributed by atoms with Gasteiger partial charge in [0.2, 0.25) is 11.9 Å². The third-order valence-corrected chi connectivity index (χ3v) is 3.18. The van der Waals surface area contributed by atoms with Crippen LogP contribution in [0.4, 0.5) is 17.5 Å². The van der Waals surface area contributed by atoms with E-state index in [1.165, 1.54) is 6.20 Å². The summed E-state index contributed by atoms with van der Waals surface area (Å²) in [6, 6.07) is 5.47. The van der Waals surface area contributed by atoms with Crippen molar-refractivity contribution in [2.24, 2.45) is 11.5 Å². The predicted molar refractivity (Wildman–Crippen MR) is 87.6 cm³/mol. The van der Waals surface area contributed by atoms with Gasteiger partial charge in [-0.2, -0.15) is 10.1 Å². The van der Waals surface area contributed by atoms with E-state index in [9.17, 15) is 9.59 Å². The molecule has 2 aromatic heterocycles. The van der Waals surface area contributed by atoms with Crippen molar-refractivity contribution in [2.45, 2.75) is 0 Å². The fourth-order valence-electron chi connectivity index (χ4n) is 2.07. The number of hydrogen-bond acceptors (Lipinski definition) is 7. The highest BCUT2D eigenvalue weighted by Crippen LogP contribution is 2.22. The number of nitrogens with two attached hydrogens (primary N) is 2. The van der Waals surface area contributed by atoms with Crippen LogP contribution in [0.25, 0.3) is 10.9 Å². The lowest BCUT2D eigenvalue weighted by Gasteiger charge is -2.11. The number of nitrogens with zero attached hydrogens (tertiary/aromatic N) is 3. The quantitative estimate of drug-likeness (QED) is 0.428. The van der Waals surface area contributed by atoms with Gasteiger partial charge in [-0.3, -0.25) is 14.7 Å². The number of benzene rings is 1. The van der Waals surface area contributed by atoms with E-state index >= 15 is 0 Å². The minimum atomic E-state index is -0.677. The van der Waals surface area contributed by atoms with Gasteiger partial charge < -0.3 is 22.1 Å². The van der Waals surface area contributed by atoms with Crippen LogP contribution in [-0.2, 0) is 4.79 Å². The number of fused-ring (bicyclic) bond motifs is 1. The van der Waals surface area contributed by atoms with Crippen LogP contribution >= 0.6 is 0 Å². The summed E-state index contributed by atoms with van der Waals surface area (Å²) < 4.78 is 0. The third-order valence-electron chi connectivity index (χ3n) is 3.18. The van der Waals surface area contributed by atoms with Crippen LogP contribution in [0, 0.1) is 0 Å². The van der Waals surface area contributed by atoms with Crippen molar-refractivity contribution in [1.82, 2.24) is 20.2 Å². The van der Waals surface area contributed by atoms with Gasteiger partial charge in [-0.1, -0.05) is 0 Å². The lowest BCUT2D eigenvalue weighted by molar-refractivity contribution is -0.116. The number of nitrogens with one attached hydrogen (secondary N) is 3. The minimum Gasteiger partial charge on any atom is -0.368 e. The number of H-pyrrole nitrogens is 1. The van der Waals surface area contributed by atoms with E-state index in [4.69, 9.17) is 11.5 Å². The number of aromatic nitrogens is 4. The Hall–Kier alpha value is -3.69. The van der Waals surface area contributed by atoms with E-state index in [1.54, 1.807) is 12.3 Å². The van der Waals surface area contributed by atoms with E-state index in [0.29, 0.717) is 5.69 Å². The Balaban J connectivity index is 1.92. The first-order valence-corrected chi connectivity index (χ1v) is 6.92. The fraction of sp³-hybridized carbons (Fsp3) is 0.0714. The number of primary amides is 2. The van der Waals surface area contributed by atoms with Gasteiger partial charge >= 0.3 is 0 Å². The highest BCUT2D eigenvalue weighted by Gasteiger charge is 2.13. The molecular formula is C14H14N8O2. The van der Waals surface area contributed by atoms with Crippen LogP contribution in [-0.4, -0.2) is 38.5 Å².